The molecule has 4 aromatic rings. The normalized spacial score (nSPS) is 18.4. The Kier molecular flexibility index (Phi) is 8.79. The molecule has 2 atom stereocenters. The second kappa shape index (κ2) is 12.9. The summed E-state index contributed by atoms with van der Waals surface area (Å²) >= 11 is 12.4. The van der Waals surface area contributed by atoms with E-state index in [-0.39, 0.29) is 12.0 Å². The van der Waals surface area contributed by atoms with Gasteiger partial charge in [0, 0.05) is 39.7 Å². The topological polar surface area (TPSA) is 84.1 Å². The van der Waals surface area contributed by atoms with Gasteiger partial charge in [-0.1, -0.05) is 35.3 Å². The van der Waals surface area contributed by atoms with Crippen LogP contribution in [0.3, 0.4) is 0 Å². The zero-order valence-corrected chi connectivity index (χ0v) is 25.4. The smallest absolute Gasteiger partial charge is 0.416 e. The number of benzene rings is 3. The van der Waals surface area contributed by atoms with Crippen LogP contribution in [-0.2, 0) is 16.0 Å². The molecule has 2 aliphatic rings. The van der Waals surface area contributed by atoms with Gasteiger partial charge in [-0.2, -0.15) is 0 Å². The van der Waals surface area contributed by atoms with Gasteiger partial charge < -0.3 is 19.2 Å². The molecule has 0 aliphatic carbocycles. The first-order valence-electron chi connectivity index (χ1n) is 14.5. The van der Waals surface area contributed by atoms with E-state index in [1.807, 2.05) is 42.5 Å². The third kappa shape index (κ3) is 6.32. The second-order valence-corrected chi connectivity index (χ2v) is 11.7. The molecule has 1 aromatic heterocycles. The van der Waals surface area contributed by atoms with E-state index in [2.05, 4.69) is 9.88 Å². The van der Waals surface area contributed by atoms with Crippen LogP contribution in [0, 0.1) is 0 Å². The Morgan fingerprint density at radius 3 is 2.47 bits per heavy atom. The van der Waals surface area contributed by atoms with Crippen LogP contribution in [0.4, 0.5) is 4.79 Å². The molecule has 1 amide bonds. The average molecular weight is 623 g/mol. The minimum Gasteiger partial charge on any atom is -0.494 e. The molecule has 10 heteroatoms. The minimum atomic E-state index is -0.442. The molecule has 43 heavy (non-hydrogen) atoms. The number of nitrogens with one attached hydrogen (secondary N) is 1. The zero-order valence-electron chi connectivity index (χ0n) is 23.9. The van der Waals surface area contributed by atoms with E-state index >= 15 is 0 Å². The highest BCUT2D eigenvalue weighted by atomic mass is 35.5. The van der Waals surface area contributed by atoms with Gasteiger partial charge in [0.05, 0.1) is 13.7 Å². The van der Waals surface area contributed by atoms with Crippen LogP contribution in [0.5, 0.6) is 11.5 Å². The van der Waals surface area contributed by atoms with Crippen LogP contribution < -0.4 is 9.47 Å². The summed E-state index contributed by atoms with van der Waals surface area (Å²) < 4.78 is 16.8. The van der Waals surface area contributed by atoms with E-state index in [0.29, 0.717) is 35.4 Å². The Labute approximate surface area is 260 Å². The predicted octanol–water partition coefficient (Wildman–Crippen LogP) is 7.03. The number of hydrogen-bond acceptors (Lipinski definition) is 6. The number of esters is 1. The third-order valence-electron chi connectivity index (χ3n) is 8.23. The van der Waals surface area contributed by atoms with E-state index in [4.69, 9.17) is 37.4 Å². The van der Waals surface area contributed by atoms with E-state index in [0.717, 1.165) is 65.8 Å². The first kappa shape index (κ1) is 29.4. The fourth-order valence-corrected chi connectivity index (χ4v) is 6.46. The monoisotopic (exact) mass is 621 g/mol. The number of aromatic amines is 1. The molecule has 3 heterocycles. The summed E-state index contributed by atoms with van der Waals surface area (Å²) in [7, 11) is 1.44. The standard InChI is InChI=1S/C33H33Cl2N3O5/c1-41-32(39)29-4-2-16-37(29)17-3-19-42-24-10-5-21(6-11-24)31-30-26(27-20-23(35)9-14-28(27)36-30)15-18-38(31)33(40)43-25-12-7-22(34)8-13-25/h5-14,20,29,31,36H,2-4,15-19H2,1H3/t29-,31?/m1/s1. The molecule has 0 bridgehead atoms. The average Bonchev–Trinajstić information content (AvgIpc) is 3.64. The van der Waals surface area contributed by atoms with Crippen molar-refractivity contribution in [2.24, 2.45) is 0 Å². The van der Waals surface area contributed by atoms with E-state index in [1.54, 1.807) is 29.2 Å². The summed E-state index contributed by atoms with van der Waals surface area (Å²) in [5.74, 6) is 1.01. The molecular weight excluding hydrogens is 589 g/mol. The number of ether oxygens (including phenoxy) is 3. The Morgan fingerprint density at radius 1 is 0.953 bits per heavy atom. The van der Waals surface area contributed by atoms with Crippen molar-refractivity contribution in [3.63, 3.8) is 0 Å². The van der Waals surface area contributed by atoms with Crippen LogP contribution in [-0.4, -0.2) is 66.2 Å². The maximum absolute atomic E-state index is 13.5. The quantitative estimate of drug-likeness (QED) is 0.168. The molecule has 0 radical (unpaired) electrons. The van der Waals surface area contributed by atoms with Crippen molar-refractivity contribution in [1.29, 1.82) is 0 Å². The number of hydrogen-bond donors (Lipinski definition) is 1. The molecule has 1 unspecified atom stereocenters. The lowest BCUT2D eigenvalue weighted by molar-refractivity contribution is -0.145. The van der Waals surface area contributed by atoms with Crippen molar-refractivity contribution in [2.45, 2.75) is 37.8 Å². The molecule has 3 aromatic carbocycles. The van der Waals surface area contributed by atoms with Crippen molar-refractivity contribution >= 4 is 46.2 Å². The molecular formula is C33H33Cl2N3O5. The van der Waals surface area contributed by atoms with Crippen molar-refractivity contribution in [3.8, 4) is 11.5 Å². The lowest BCUT2D eigenvalue weighted by Crippen LogP contribution is -2.42. The number of H-pyrrole nitrogens is 1. The Balaban J connectivity index is 1.19. The van der Waals surface area contributed by atoms with Gasteiger partial charge in [-0.3, -0.25) is 14.6 Å². The van der Waals surface area contributed by atoms with Gasteiger partial charge in [-0.25, -0.2) is 4.79 Å². The highest BCUT2D eigenvalue weighted by molar-refractivity contribution is 6.31. The maximum Gasteiger partial charge on any atom is 0.416 e. The largest absolute Gasteiger partial charge is 0.494 e. The van der Waals surface area contributed by atoms with Crippen molar-refractivity contribution in [2.75, 3.05) is 33.4 Å². The Hall–Kier alpha value is -3.72. The number of fused-ring (bicyclic) bond motifs is 3. The molecule has 6 rings (SSSR count). The van der Waals surface area contributed by atoms with Gasteiger partial charge in [-0.15, -0.1) is 0 Å². The van der Waals surface area contributed by atoms with Gasteiger partial charge in [0.1, 0.15) is 23.6 Å². The van der Waals surface area contributed by atoms with E-state index < -0.39 is 12.1 Å². The van der Waals surface area contributed by atoms with Crippen molar-refractivity contribution in [1.82, 2.24) is 14.8 Å². The molecule has 0 spiro atoms. The first-order valence-corrected chi connectivity index (χ1v) is 15.3. The first-order chi connectivity index (χ1) is 20.9. The van der Waals surface area contributed by atoms with Crippen LogP contribution in [0.25, 0.3) is 10.9 Å². The molecule has 1 saturated heterocycles. The lowest BCUT2D eigenvalue weighted by Gasteiger charge is -2.35. The molecule has 224 valence electrons. The summed E-state index contributed by atoms with van der Waals surface area (Å²) in [5, 5.41) is 2.30. The fraction of sp³-hybridized carbons (Fsp3) is 0.333. The summed E-state index contributed by atoms with van der Waals surface area (Å²) in [6, 6.07) is 19.8. The number of carbonyl (C=O) groups excluding carboxylic acids is 2. The summed E-state index contributed by atoms with van der Waals surface area (Å²) in [5.41, 5.74) is 3.98. The number of rotatable bonds is 8. The van der Waals surface area contributed by atoms with E-state index in [1.165, 1.54) is 7.11 Å². The van der Waals surface area contributed by atoms with Crippen LogP contribution >= 0.6 is 23.2 Å². The second-order valence-electron chi connectivity index (χ2n) is 10.9. The highest BCUT2D eigenvalue weighted by Crippen LogP contribution is 2.40. The Bertz CT molecular complexity index is 1610. The number of halogens is 2. The number of methoxy groups -OCH3 is 1. The molecule has 1 N–H and O–H groups in total. The van der Waals surface area contributed by atoms with Crippen LogP contribution in [0.1, 0.15) is 42.1 Å². The van der Waals surface area contributed by atoms with Gasteiger partial charge in [-0.05, 0) is 98.0 Å². The summed E-state index contributed by atoms with van der Waals surface area (Å²) in [6.07, 6.45) is 2.85. The number of aromatic nitrogens is 1. The van der Waals surface area contributed by atoms with Gasteiger partial charge in [0.15, 0.2) is 0 Å². The SMILES string of the molecule is COC(=O)[C@H]1CCCN1CCCOc1ccc(C2c3[nH]c4ccc(Cl)cc4c3CCN2C(=O)Oc2ccc(Cl)cc2)cc1. The highest BCUT2D eigenvalue weighted by Gasteiger charge is 2.36. The van der Waals surface area contributed by atoms with Crippen LogP contribution in [0.2, 0.25) is 10.0 Å². The van der Waals surface area contributed by atoms with Gasteiger partial charge in [0.2, 0.25) is 0 Å². The third-order valence-corrected chi connectivity index (χ3v) is 8.72. The van der Waals surface area contributed by atoms with E-state index in [9.17, 15) is 9.59 Å². The lowest BCUT2D eigenvalue weighted by atomic mass is 9.92. The molecule has 0 saturated carbocycles. The van der Waals surface area contributed by atoms with Crippen molar-refractivity contribution in [3.05, 3.63) is 93.6 Å². The predicted molar refractivity (Wildman–Crippen MR) is 166 cm³/mol. The molecule has 8 nitrogen and oxygen atoms in total. The van der Waals surface area contributed by atoms with Crippen LogP contribution in [0.15, 0.2) is 66.7 Å². The molecule has 1 fully saturated rings. The maximum atomic E-state index is 13.5. The summed E-state index contributed by atoms with van der Waals surface area (Å²) in [4.78, 5) is 33.0. The van der Waals surface area contributed by atoms with Gasteiger partial charge >= 0.3 is 12.1 Å². The summed E-state index contributed by atoms with van der Waals surface area (Å²) in [6.45, 7) is 2.68. The number of nitrogens with zero attached hydrogens (tertiary/aromatic N) is 2. The van der Waals surface area contributed by atoms with Gasteiger partial charge in [0.25, 0.3) is 0 Å². The minimum absolute atomic E-state index is 0.153. The molecule has 2 aliphatic heterocycles. The Morgan fingerprint density at radius 2 is 1.70 bits per heavy atom. The number of amides is 1. The number of carbonyl (C=O) groups is 2. The fourth-order valence-electron chi connectivity index (χ4n) is 6.17. The zero-order chi connectivity index (χ0) is 29.9. The van der Waals surface area contributed by atoms with Crippen molar-refractivity contribution < 1.29 is 23.8 Å². The number of likely N-dealkylation sites (tertiary alicyclic amines) is 1.